The minimum atomic E-state index is -1.69. The van der Waals surface area contributed by atoms with Crippen LogP contribution in [-0.4, -0.2) is 35.7 Å². The summed E-state index contributed by atoms with van der Waals surface area (Å²) >= 11 is 0. The van der Waals surface area contributed by atoms with Gasteiger partial charge in [-0.3, -0.25) is 0 Å². The van der Waals surface area contributed by atoms with Gasteiger partial charge >= 0.3 is 17.9 Å². The molecular formula is C9H12O6. The Morgan fingerprint density at radius 2 is 1.87 bits per heavy atom. The van der Waals surface area contributed by atoms with Gasteiger partial charge in [0.2, 0.25) is 0 Å². The van der Waals surface area contributed by atoms with Gasteiger partial charge in [-0.25, -0.2) is 14.4 Å². The van der Waals surface area contributed by atoms with Gasteiger partial charge in [-0.15, -0.1) is 0 Å². The molecule has 1 N–H and O–H groups in total. The van der Waals surface area contributed by atoms with E-state index in [0.717, 1.165) is 0 Å². The molecule has 0 aliphatic carbocycles. The summed E-state index contributed by atoms with van der Waals surface area (Å²) in [5.74, 6) is -3.68. The summed E-state index contributed by atoms with van der Waals surface area (Å²) in [6.07, 6.45) is -0.711. The average Bonchev–Trinajstić information content (AvgIpc) is 2.13. The highest BCUT2D eigenvalue weighted by Gasteiger charge is 2.16. The van der Waals surface area contributed by atoms with E-state index >= 15 is 0 Å². The van der Waals surface area contributed by atoms with Crippen LogP contribution in [0.25, 0.3) is 0 Å². The van der Waals surface area contributed by atoms with Gasteiger partial charge in [0.15, 0.2) is 0 Å². The molecule has 1 atom stereocenters. The van der Waals surface area contributed by atoms with Gasteiger partial charge in [0.05, 0.1) is 0 Å². The van der Waals surface area contributed by atoms with E-state index < -0.39 is 24.0 Å². The highest BCUT2D eigenvalue weighted by molar-refractivity contribution is 6.28. The summed E-state index contributed by atoms with van der Waals surface area (Å²) in [7, 11) is 0. The van der Waals surface area contributed by atoms with Crippen molar-refractivity contribution in [3.8, 4) is 0 Å². The second-order valence-electron chi connectivity index (χ2n) is 2.90. The molecule has 0 amide bonds. The van der Waals surface area contributed by atoms with Gasteiger partial charge in [0.1, 0.15) is 12.7 Å². The van der Waals surface area contributed by atoms with Crippen LogP contribution in [0.4, 0.5) is 0 Å². The van der Waals surface area contributed by atoms with Crippen molar-refractivity contribution in [2.24, 2.45) is 0 Å². The van der Waals surface area contributed by atoms with Crippen LogP contribution in [0.2, 0.25) is 0 Å². The molecule has 0 aliphatic heterocycles. The van der Waals surface area contributed by atoms with E-state index in [4.69, 9.17) is 9.84 Å². The summed E-state index contributed by atoms with van der Waals surface area (Å²) in [4.78, 5) is 31.5. The molecule has 6 nitrogen and oxygen atoms in total. The van der Waals surface area contributed by atoms with Crippen molar-refractivity contribution in [2.75, 3.05) is 6.61 Å². The lowest BCUT2D eigenvalue weighted by molar-refractivity contribution is -0.167. The third kappa shape index (κ3) is 5.45. The first-order valence-corrected chi connectivity index (χ1v) is 4.11. The van der Waals surface area contributed by atoms with Crippen molar-refractivity contribution in [1.82, 2.24) is 0 Å². The summed E-state index contributed by atoms with van der Waals surface area (Å²) in [6, 6.07) is 0. The molecule has 0 fully saturated rings. The Kier molecular flexibility index (Phi) is 5.08. The van der Waals surface area contributed by atoms with Gasteiger partial charge in [-0.2, -0.15) is 0 Å². The minimum Gasteiger partial charge on any atom is -0.473 e. The number of carboxylic acids is 1. The molecule has 0 saturated carbocycles. The smallest absolute Gasteiger partial charge is 0.417 e. The lowest BCUT2D eigenvalue weighted by Crippen LogP contribution is -2.25. The number of hydrogen-bond acceptors (Lipinski definition) is 5. The topological polar surface area (TPSA) is 89.9 Å². The van der Waals surface area contributed by atoms with Crippen LogP contribution in [-0.2, 0) is 23.9 Å². The molecule has 0 radical (unpaired) electrons. The zero-order chi connectivity index (χ0) is 12.0. The molecular weight excluding hydrogens is 204 g/mol. The van der Waals surface area contributed by atoms with Gasteiger partial charge in [0.25, 0.3) is 0 Å². The fourth-order valence-corrected chi connectivity index (χ4v) is 0.572. The molecule has 0 bridgehead atoms. The van der Waals surface area contributed by atoms with Crippen molar-refractivity contribution >= 4 is 17.9 Å². The average molecular weight is 216 g/mol. The number of carboxylic acid groups (broad SMARTS) is 1. The van der Waals surface area contributed by atoms with Gasteiger partial charge in [-0.05, 0) is 13.8 Å². The number of carbonyl (C=O) groups excluding carboxylic acids is 2. The maximum Gasteiger partial charge on any atom is 0.417 e. The van der Waals surface area contributed by atoms with Crippen LogP contribution >= 0.6 is 0 Å². The van der Waals surface area contributed by atoms with Crippen molar-refractivity contribution in [3.63, 3.8) is 0 Å². The largest absolute Gasteiger partial charge is 0.473 e. The van der Waals surface area contributed by atoms with E-state index in [2.05, 4.69) is 11.3 Å². The van der Waals surface area contributed by atoms with Gasteiger partial charge < -0.3 is 14.6 Å². The third-order valence-corrected chi connectivity index (χ3v) is 1.28. The zero-order valence-electron chi connectivity index (χ0n) is 8.48. The first-order chi connectivity index (χ1) is 6.84. The minimum absolute atomic E-state index is 0.214. The molecule has 84 valence electrons. The van der Waals surface area contributed by atoms with E-state index in [-0.39, 0.29) is 12.2 Å². The Morgan fingerprint density at radius 3 is 2.27 bits per heavy atom. The predicted octanol–water partition coefficient (Wildman–Crippen LogP) is 0.122. The normalized spacial score (nSPS) is 11.3. The molecule has 15 heavy (non-hydrogen) atoms. The predicted molar refractivity (Wildman–Crippen MR) is 49.0 cm³/mol. The van der Waals surface area contributed by atoms with Crippen LogP contribution in [0.1, 0.15) is 13.8 Å². The number of rotatable bonds is 4. The van der Waals surface area contributed by atoms with E-state index in [0.29, 0.717) is 0 Å². The Hall–Kier alpha value is -1.85. The highest BCUT2D eigenvalue weighted by Crippen LogP contribution is 1.99. The molecule has 0 aliphatic rings. The van der Waals surface area contributed by atoms with E-state index in [1.165, 1.54) is 13.8 Å². The zero-order valence-corrected chi connectivity index (χ0v) is 8.48. The van der Waals surface area contributed by atoms with Crippen molar-refractivity contribution < 1.29 is 29.0 Å². The Bertz CT molecular complexity index is 293. The summed E-state index contributed by atoms with van der Waals surface area (Å²) in [6.45, 7) is 5.99. The SMILES string of the molecule is C=C(C)C(=O)OC(C)COC(=O)C(=O)O. The van der Waals surface area contributed by atoms with Crippen LogP contribution in [0, 0.1) is 0 Å². The lowest BCUT2D eigenvalue weighted by Gasteiger charge is -2.12. The second-order valence-corrected chi connectivity index (χ2v) is 2.90. The number of carbonyl (C=O) groups is 3. The molecule has 0 aromatic rings. The maximum atomic E-state index is 11.0. The summed E-state index contributed by atoms with van der Waals surface area (Å²) in [5, 5.41) is 8.17. The summed E-state index contributed by atoms with van der Waals surface area (Å²) < 4.78 is 9.03. The number of ether oxygens (including phenoxy) is 2. The first-order valence-electron chi connectivity index (χ1n) is 4.11. The van der Waals surface area contributed by atoms with Crippen LogP contribution in [0.3, 0.4) is 0 Å². The van der Waals surface area contributed by atoms with Crippen LogP contribution in [0.15, 0.2) is 12.2 Å². The molecule has 6 heteroatoms. The molecule has 0 saturated heterocycles. The molecule has 0 spiro atoms. The maximum absolute atomic E-state index is 11.0. The summed E-state index contributed by atoms with van der Waals surface area (Å²) in [5.41, 5.74) is 0.214. The molecule has 0 aromatic heterocycles. The monoisotopic (exact) mass is 216 g/mol. The van der Waals surface area contributed by atoms with Crippen molar-refractivity contribution in [3.05, 3.63) is 12.2 Å². The van der Waals surface area contributed by atoms with Crippen molar-refractivity contribution in [1.29, 1.82) is 0 Å². The van der Waals surface area contributed by atoms with Gasteiger partial charge in [0, 0.05) is 5.57 Å². The number of aliphatic carboxylic acids is 1. The fourth-order valence-electron chi connectivity index (χ4n) is 0.572. The molecule has 1 unspecified atom stereocenters. The lowest BCUT2D eigenvalue weighted by atomic mass is 10.3. The highest BCUT2D eigenvalue weighted by atomic mass is 16.6. The van der Waals surface area contributed by atoms with Crippen molar-refractivity contribution in [2.45, 2.75) is 20.0 Å². The fraction of sp³-hybridized carbons (Fsp3) is 0.444. The van der Waals surface area contributed by atoms with E-state index in [1.807, 2.05) is 0 Å². The second kappa shape index (κ2) is 5.79. The third-order valence-electron chi connectivity index (χ3n) is 1.28. The van der Waals surface area contributed by atoms with E-state index in [9.17, 15) is 14.4 Å². The van der Waals surface area contributed by atoms with E-state index in [1.54, 1.807) is 0 Å². The Balaban J connectivity index is 3.90. The Morgan fingerprint density at radius 1 is 1.33 bits per heavy atom. The molecule has 0 rings (SSSR count). The molecule has 0 heterocycles. The number of esters is 2. The van der Waals surface area contributed by atoms with Gasteiger partial charge in [-0.1, -0.05) is 6.58 Å². The number of hydrogen-bond donors (Lipinski definition) is 1. The molecule has 0 aromatic carbocycles. The Labute approximate surface area is 86.5 Å². The van der Waals surface area contributed by atoms with Crippen LogP contribution < -0.4 is 0 Å². The quantitative estimate of drug-likeness (QED) is 0.408. The van der Waals surface area contributed by atoms with Crippen LogP contribution in [0.5, 0.6) is 0 Å². The first kappa shape index (κ1) is 13.2. The standard InChI is InChI=1S/C9H12O6/c1-5(2)8(12)15-6(3)4-14-9(13)7(10)11/h6H,1,4H2,2-3H3,(H,10,11).